The number of nitriles is 1. The molecule has 5 aliphatic rings. The molecule has 2 fully saturated rings. The molecule has 49 heavy (non-hydrogen) atoms. The number of halogens is 2. The first-order valence-electron chi connectivity index (χ1n) is 17.3. The number of ether oxygens (including phenoxy) is 2. The summed E-state index contributed by atoms with van der Waals surface area (Å²) < 4.78 is 30.0. The van der Waals surface area contributed by atoms with Gasteiger partial charge in [-0.3, -0.25) is 14.4 Å². The summed E-state index contributed by atoms with van der Waals surface area (Å²) >= 11 is 7.32. The molecule has 3 atom stereocenters. The average Bonchev–Trinajstić information content (AvgIpc) is 3.71. The fourth-order valence-electron chi connectivity index (χ4n) is 9.02. The van der Waals surface area contributed by atoms with E-state index >= 15 is 0 Å². The Morgan fingerprint density at radius 1 is 1.24 bits per heavy atom. The molecule has 0 bridgehead atoms. The second-order valence-electron chi connectivity index (χ2n) is 14.6. The van der Waals surface area contributed by atoms with Crippen molar-refractivity contribution in [2.45, 2.75) is 88.4 Å². The molecule has 1 aromatic carbocycles. The second-order valence-corrected chi connectivity index (χ2v) is 15.0. The smallest absolute Gasteiger partial charge is 0.273 e. The van der Waals surface area contributed by atoms with Gasteiger partial charge in [-0.15, -0.1) is 0 Å². The largest absolute Gasteiger partial charge is 0.475 e. The van der Waals surface area contributed by atoms with E-state index in [1.54, 1.807) is 14.1 Å². The lowest BCUT2D eigenvalue weighted by Gasteiger charge is -2.44. The van der Waals surface area contributed by atoms with Gasteiger partial charge in [0.1, 0.15) is 29.5 Å². The monoisotopic (exact) mass is 688 g/mol. The molecule has 0 saturated carbocycles. The number of nitrogens with zero attached hydrogens (tertiary/aromatic N) is 7. The summed E-state index contributed by atoms with van der Waals surface area (Å²) in [5.74, 6) is 0.190. The van der Waals surface area contributed by atoms with Gasteiger partial charge in [0.05, 0.1) is 41.3 Å². The highest BCUT2D eigenvalue weighted by Crippen LogP contribution is 2.51. The molecule has 13 heteroatoms. The summed E-state index contributed by atoms with van der Waals surface area (Å²) in [6.45, 7) is 3.69. The molecular weight excluding hydrogens is 647 g/mol. The van der Waals surface area contributed by atoms with Gasteiger partial charge in [0.15, 0.2) is 5.69 Å². The number of rotatable bonds is 5. The van der Waals surface area contributed by atoms with E-state index in [1.165, 1.54) is 4.90 Å². The van der Waals surface area contributed by atoms with Crippen LogP contribution < -0.4 is 15.4 Å². The van der Waals surface area contributed by atoms with Crippen LogP contribution in [0.1, 0.15) is 82.7 Å². The van der Waals surface area contributed by atoms with E-state index in [-0.39, 0.29) is 18.1 Å². The minimum absolute atomic E-state index is 0.145. The number of amides is 1. The molecule has 2 saturated heterocycles. The lowest BCUT2D eigenvalue weighted by Crippen LogP contribution is -2.44. The van der Waals surface area contributed by atoms with Crippen LogP contribution in [0, 0.1) is 11.3 Å². The zero-order chi connectivity index (χ0) is 34.1. The number of hydrogen-bond donors (Lipinski definition) is 1. The molecule has 0 radical (unpaired) electrons. The van der Waals surface area contributed by atoms with Crippen LogP contribution in [0.2, 0.25) is 5.02 Å². The number of hydrogen-bond acceptors (Lipinski definition) is 9. The van der Waals surface area contributed by atoms with Crippen molar-refractivity contribution in [1.82, 2.24) is 24.6 Å². The summed E-state index contributed by atoms with van der Waals surface area (Å²) in [7, 11) is 3.44. The summed E-state index contributed by atoms with van der Waals surface area (Å²) in [4.78, 5) is 23.9. The molecule has 8 rings (SSSR count). The van der Waals surface area contributed by atoms with Crippen LogP contribution in [0.15, 0.2) is 18.2 Å². The number of carbonyl (C=O) groups excluding carboxylic acids is 1. The molecule has 1 aliphatic carbocycles. The molecule has 11 nitrogen and oxygen atoms in total. The predicted molar refractivity (Wildman–Crippen MR) is 182 cm³/mol. The Bertz CT molecular complexity index is 1880. The maximum absolute atomic E-state index is 14.7. The van der Waals surface area contributed by atoms with Crippen molar-refractivity contribution in [1.29, 1.82) is 5.26 Å². The molecular formula is C36H42ClFN8O3. The Morgan fingerprint density at radius 3 is 2.92 bits per heavy atom. The van der Waals surface area contributed by atoms with Gasteiger partial charge < -0.3 is 25.0 Å². The summed E-state index contributed by atoms with van der Waals surface area (Å²) in [6, 6.07) is 8.05. The minimum Gasteiger partial charge on any atom is -0.475 e. The maximum Gasteiger partial charge on any atom is 0.273 e. The summed E-state index contributed by atoms with van der Waals surface area (Å²) in [6.07, 6.45) is 5.17. The van der Waals surface area contributed by atoms with Crippen LogP contribution in [0.25, 0.3) is 0 Å². The predicted octanol–water partition coefficient (Wildman–Crippen LogP) is 4.76. The van der Waals surface area contributed by atoms with Crippen molar-refractivity contribution in [3.8, 4) is 11.9 Å². The van der Waals surface area contributed by atoms with Gasteiger partial charge >= 0.3 is 0 Å². The SMILES string of the molecule is CN(C)C(=O)c1cc2n(n1)CCCN(c1c(Cl)c(OCC34CCCN3C[C@H](F)C4)nc3c1CO[C@@]1(CCCc4ccc(N)c(C#N)c41)C3)C2. The quantitative estimate of drug-likeness (QED) is 0.378. The van der Waals surface area contributed by atoms with Gasteiger partial charge in [0, 0.05) is 63.4 Å². The maximum atomic E-state index is 14.7. The highest BCUT2D eigenvalue weighted by Gasteiger charge is 2.50. The van der Waals surface area contributed by atoms with Crippen molar-refractivity contribution in [2.24, 2.45) is 0 Å². The number of pyridine rings is 1. The molecule has 1 unspecified atom stereocenters. The minimum atomic E-state index is -0.872. The van der Waals surface area contributed by atoms with E-state index in [0.29, 0.717) is 73.5 Å². The molecule has 2 aromatic heterocycles. The normalized spacial score (nSPS) is 26.0. The molecule has 258 valence electrons. The third kappa shape index (κ3) is 5.32. The van der Waals surface area contributed by atoms with Crippen molar-refractivity contribution in [3.05, 3.63) is 62.6 Å². The number of carbonyl (C=O) groups is 1. The molecule has 4 aliphatic heterocycles. The zero-order valence-electron chi connectivity index (χ0n) is 28.1. The Balaban J connectivity index is 1.21. The fraction of sp³-hybridized carbons (Fsp3) is 0.556. The Morgan fingerprint density at radius 2 is 2.10 bits per heavy atom. The number of alkyl halides is 1. The van der Waals surface area contributed by atoms with Crippen LogP contribution in [0.3, 0.4) is 0 Å². The van der Waals surface area contributed by atoms with Gasteiger partial charge in [-0.05, 0) is 62.8 Å². The lowest BCUT2D eigenvalue weighted by atomic mass is 9.72. The van der Waals surface area contributed by atoms with Gasteiger partial charge in [-0.25, -0.2) is 9.37 Å². The van der Waals surface area contributed by atoms with E-state index in [2.05, 4.69) is 21.0 Å². The van der Waals surface area contributed by atoms with Crippen molar-refractivity contribution in [3.63, 3.8) is 0 Å². The first-order valence-corrected chi connectivity index (χ1v) is 17.7. The summed E-state index contributed by atoms with van der Waals surface area (Å²) in [5, 5.41) is 15.2. The van der Waals surface area contributed by atoms with E-state index in [9.17, 15) is 14.4 Å². The number of nitrogens with two attached hydrogens (primary N) is 1. The molecule has 6 heterocycles. The van der Waals surface area contributed by atoms with Gasteiger partial charge in [0.25, 0.3) is 5.91 Å². The average molecular weight is 689 g/mol. The van der Waals surface area contributed by atoms with Crippen molar-refractivity contribution >= 4 is 28.9 Å². The second kappa shape index (κ2) is 12.1. The first-order chi connectivity index (χ1) is 23.6. The Labute approximate surface area is 290 Å². The Hall–Kier alpha value is -3.92. The van der Waals surface area contributed by atoms with Crippen LogP contribution in [-0.4, -0.2) is 82.5 Å². The van der Waals surface area contributed by atoms with E-state index in [0.717, 1.165) is 78.8 Å². The van der Waals surface area contributed by atoms with Crippen molar-refractivity contribution in [2.75, 3.05) is 51.0 Å². The van der Waals surface area contributed by atoms with Crippen LogP contribution >= 0.6 is 11.6 Å². The molecule has 2 N–H and O–H groups in total. The fourth-order valence-corrected chi connectivity index (χ4v) is 9.35. The van der Waals surface area contributed by atoms with Gasteiger partial charge in [-0.1, -0.05) is 17.7 Å². The molecule has 1 spiro atoms. The topological polar surface area (TPSA) is 126 Å². The van der Waals surface area contributed by atoms with Gasteiger partial charge in [-0.2, -0.15) is 10.4 Å². The zero-order valence-corrected chi connectivity index (χ0v) is 28.9. The van der Waals surface area contributed by atoms with E-state index < -0.39 is 11.8 Å². The molecule has 1 amide bonds. The third-order valence-corrected chi connectivity index (χ3v) is 11.7. The van der Waals surface area contributed by atoms with Crippen LogP contribution in [0.5, 0.6) is 5.88 Å². The van der Waals surface area contributed by atoms with Crippen LogP contribution in [-0.2, 0) is 42.9 Å². The highest BCUT2D eigenvalue weighted by atomic mass is 35.5. The number of anilines is 2. The van der Waals surface area contributed by atoms with E-state index in [1.807, 2.05) is 22.9 Å². The number of fused-ring (bicyclic) bond motifs is 5. The standard InChI is InChI=1S/C36H42ClFN8O3/c1-43(2)34(47)28-14-24-19-44(11-5-13-46(24)42-28)32-26-20-49-36(10-3-6-22-7-8-27(40)25(17-39)30(22)36)16-29(26)41-33(31(32)37)48-21-35-9-4-12-45(35)18-23(38)15-35/h7-8,14,23H,3-6,9-13,15-16,18-21,40H2,1-2H3/t23-,35?,36+/m1/s1. The highest BCUT2D eigenvalue weighted by molar-refractivity contribution is 6.34. The molecule has 3 aromatic rings. The summed E-state index contributed by atoms with van der Waals surface area (Å²) in [5.41, 5.74) is 11.9. The van der Waals surface area contributed by atoms with Crippen molar-refractivity contribution < 1.29 is 18.7 Å². The van der Waals surface area contributed by atoms with Gasteiger partial charge in [0.2, 0.25) is 5.88 Å². The Kier molecular flexibility index (Phi) is 8.00. The van der Waals surface area contributed by atoms with E-state index in [4.69, 9.17) is 31.8 Å². The lowest BCUT2D eigenvalue weighted by molar-refractivity contribution is -0.0855. The number of aromatic nitrogens is 3. The van der Waals surface area contributed by atoms with Crippen LogP contribution in [0.4, 0.5) is 15.8 Å². The third-order valence-electron chi connectivity index (χ3n) is 11.3. The number of benzene rings is 1. The first kappa shape index (κ1) is 32.3. The number of aryl methyl sites for hydroxylation is 2. The number of nitrogen functional groups attached to an aromatic ring is 1.